The van der Waals surface area contributed by atoms with Crippen LogP contribution in [0.5, 0.6) is 0 Å². The molecule has 17 fully saturated rings. The van der Waals surface area contributed by atoms with Gasteiger partial charge in [-0.25, -0.2) is 0 Å². The van der Waals surface area contributed by atoms with Crippen molar-refractivity contribution in [3.05, 3.63) is 24.3 Å². The maximum atomic E-state index is 14.6. The number of carbonyl (C=O) groups excluding carboxylic acids is 2. The molecular formula is C62H88O19. The van der Waals surface area contributed by atoms with E-state index >= 15 is 0 Å². The molecule has 17 rings (SSSR count). The minimum atomic E-state index is -0.937. The van der Waals surface area contributed by atoms with Gasteiger partial charge in [-0.15, -0.1) is 0 Å². The van der Waals surface area contributed by atoms with Crippen LogP contribution < -0.4 is 0 Å². The molecule has 31 atom stereocenters. The van der Waals surface area contributed by atoms with Crippen LogP contribution in [-0.4, -0.2) is 187 Å². The molecule has 0 saturated carbocycles. The Morgan fingerprint density at radius 3 is 2.06 bits per heavy atom. The van der Waals surface area contributed by atoms with Crippen molar-refractivity contribution in [3.63, 3.8) is 0 Å². The van der Waals surface area contributed by atoms with Crippen molar-refractivity contribution < 1.29 is 90.9 Å². The van der Waals surface area contributed by atoms with Crippen molar-refractivity contribution in [1.82, 2.24) is 0 Å². The molecular weight excluding hydrogens is 1050 g/mol. The van der Waals surface area contributed by atoms with Gasteiger partial charge < -0.3 is 81.3 Å². The summed E-state index contributed by atoms with van der Waals surface area (Å²) >= 11 is 0. The van der Waals surface area contributed by atoms with Crippen LogP contribution in [0, 0.1) is 29.6 Å². The zero-order chi connectivity index (χ0) is 55.4. The Morgan fingerprint density at radius 2 is 1.23 bits per heavy atom. The van der Waals surface area contributed by atoms with E-state index in [0.717, 1.165) is 49.7 Å². The zero-order valence-corrected chi connectivity index (χ0v) is 47.8. The van der Waals surface area contributed by atoms with Crippen LogP contribution in [0.25, 0.3) is 0 Å². The third-order valence-corrected chi connectivity index (χ3v) is 22.4. The van der Waals surface area contributed by atoms with E-state index in [4.69, 9.17) is 71.1 Å². The third kappa shape index (κ3) is 10.0. The number of hydrogen-bond acceptors (Lipinski definition) is 19. The Hall–Kier alpha value is -2.02. The molecule has 17 aliphatic rings. The van der Waals surface area contributed by atoms with E-state index in [2.05, 4.69) is 40.9 Å². The second-order valence-corrected chi connectivity index (χ2v) is 28.1. The van der Waals surface area contributed by atoms with Gasteiger partial charge in [0.15, 0.2) is 23.7 Å². The molecule has 3 spiro atoms. The summed E-state index contributed by atoms with van der Waals surface area (Å²) in [6.45, 7) is 17.6. The molecule has 0 aromatic rings. The van der Waals surface area contributed by atoms with Crippen LogP contribution in [-0.2, 0) is 80.6 Å². The molecule has 2 N–H and O–H groups in total. The Labute approximate surface area is 475 Å². The highest BCUT2D eigenvalue weighted by molar-refractivity contribution is 5.79. The average Bonchev–Trinajstić information content (AvgIpc) is 3.56. The van der Waals surface area contributed by atoms with Crippen LogP contribution in [0.4, 0.5) is 0 Å². The quantitative estimate of drug-likeness (QED) is 0.240. The normalized spacial score (nSPS) is 56.4. The molecule has 17 aliphatic heterocycles. The fourth-order valence-electron chi connectivity index (χ4n) is 18.4. The van der Waals surface area contributed by atoms with Crippen LogP contribution in [0.1, 0.15) is 156 Å². The Balaban J connectivity index is 0.650. The van der Waals surface area contributed by atoms with E-state index in [9.17, 15) is 19.8 Å². The van der Waals surface area contributed by atoms with E-state index in [1.165, 1.54) is 0 Å². The highest BCUT2D eigenvalue weighted by Gasteiger charge is 2.67. The average molecular weight is 1140 g/mol. The predicted octanol–water partition coefficient (Wildman–Crippen LogP) is 6.12. The number of carbonyl (C=O) groups is 2. The second kappa shape index (κ2) is 21.1. The van der Waals surface area contributed by atoms with Crippen molar-refractivity contribution in [2.75, 3.05) is 6.61 Å². The number of ether oxygens (including phenoxy) is 15. The van der Waals surface area contributed by atoms with Gasteiger partial charge in [0.2, 0.25) is 0 Å². The van der Waals surface area contributed by atoms with E-state index < -0.39 is 47.9 Å². The maximum absolute atomic E-state index is 14.6. The summed E-state index contributed by atoms with van der Waals surface area (Å²) in [5.41, 5.74) is 2.15. The number of fused-ring (bicyclic) bond motifs is 10. The second-order valence-electron chi connectivity index (χ2n) is 28.1. The first-order valence-corrected chi connectivity index (χ1v) is 31.6. The van der Waals surface area contributed by atoms with Gasteiger partial charge in [-0.1, -0.05) is 40.9 Å². The maximum Gasteiger partial charge on any atom is 0.308 e. The molecule has 19 heteroatoms. The first-order chi connectivity index (χ1) is 39.0. The van der Waals surface area contributed by atoms with E-state index in [1.54, 1.807) is 0 Å². The molecule has 6 unspecified atom stereocenters. The van der Waals surface area contributed by atoms with Crippen molar-refractivity contribution in [2.45, 2.75) is 314 Å². The van der Waals surface area contributed by atoms with Crippen molar-refractivity contribution >= 4 is 11.8 Å². The Morgan fingerprint density at radius 1 is 0.543 bits per heavy atom. The summed E-state index contributed by atoms with van der Waals surface area (Å²) in [6.07, 6.45) is 4.18. The van der Waals surface area contributed by atoms with Gasteiger partial charge in [0.1, 0.15) is 18.0 Å². The smallest absolute Gasteiger partial charge is 0.308 e. The van der Waals surface area contributed by atoms with Gasteiger partial charge in [0.05, 0.1) is 134 Å². The van der Waals surface area contributed by atoms with Gasteiger partial charge in [-0.3, -0.25) is 9.59 Å². The summed E-state index contributed by atoms with van der Waals surface area (Å²) in [4.78, 5) is 27.0. The van der Waals surface area contributed by atoms with Crippen molar-refractivity contribution in [3.8, 4) is 0 Å². The Bertz CT molecular complexity index is 2410. The molecule has 0 aromatic carbocycles. The molecule has 0 aliphatic carbocycles. The lowest BCUT2D eigenvalue weighted by Gasteiger charge is -2.63. The Kier molecular flexibility index (Phi) is 14.5. The highest BCUT2D eigenvalue weighted by Crippen LogP contribution is 2.58. The van der Waals surface area contributed by atoms with Gasteiger partial charge in [0, 0.05) is 89.6 Å². The van der Waals surface area contributed by atoms with Gasteiger partial charge in [0.25, 0.3) is 0 Å². The molecule has 0 radical (unpaired) electrons. The molecule has 0 aromatic heterocycles. The minimum absolute atomic E-state index is 0.0159. The topological polar surface area (TPSA) is 213 Å². The molecule has 81 heavy (non-hydrogen) atoms. The molecule has 0 amide bonds. The summed E-state index contributed by atoms with van der Waals surface area (Å²) in [7, 11) is 0. The number of rotatable bonds is 4. The van der Waals surface area contributed by atoms with E-state index in [0.29, 0.717) is 70.6 Å². The lowest BCUT2D eigenvalue weighted by Crippen LogP contribution is -2.72. The summed E-state index contributed by atoms with van der Waals surface area (Å²) < 4.78 is 103. The monoisotopic (exact) mass is 1140 g/mol. The van der Waals surface area contributed by atoms with Gasteiger partial charge >= 0.3 is 5.97 Å². The highest BCUT2D eigenvalue weighted by atomic mass is 16.8. The van der Waals surface area contributed by atoms with Crippen LogP contribution in [0.2, 0.25) is 0 Å². The molecule has 450 valence electrons. The molecule has 19 nitrogen and oxygen atoms in total. The largest absolute Gasteiger partial charge is 0.459 e. The van der Waals surface area contributed by atoms with Crippen LogP contribution >= 0.6 is 0 Å². The lowest BCUT2D eigenvalue weighted by atomic mass is 9.75. The fourth-order valence-corrected chi connectivity index (χ4v) is 18.4. The van der Waals surface area contributed by atoms with Crippen LogP contribution in [0.3, 0.4) is 0 Å². The third-order valence-electron chi connectivity index (χ3n) is 22.4. The summed E-state index contributed by atoms with van der Waals surface area (Å²) in [6, 6.07) is 0. The van der Waals surface area contributed by atoms with Gasteiger partial charge in [-0.2, -0.15) is 0 Å². The predicted molar refractivity (Wildman–Crippen MR) is 282 cm³/mol. The van der Waals surface area contributed by atoms with E-state index in [1.807, 2.05) is 0 Å². The summed E-state index contributed by atoms with van der Waals surface area (Å²) in [5, 5.41) is 20.4. The first kappa shape index (κ1) is 55.6. The van der Waals surface area contributed by atoms with Crippen molar-refractivity contribution in [1.29, 1.82) is 0 Å². The molecule has 17 saturated heterocycles. The lowest BCUT2D eigenvalue weighted by molar-refractivity contribution is -0.483. The standard InChI is InChI=1S/C62H88O19/c1-28-15-35-7-9-39-29(2)16-37(67-39)11-13-60-26-50-53(59(74-50)81-60)44-22-48(77-60)58-40(70-44)10-8-36(69-58)18-52(66)75-57-33(6)56-46(71-45(57)20-41(68-35)32(28)5)21-43-49(73-56)25-62(76-43)27-51-55(80-62)31(4)24-61(79-51)23-30(3)54-47(78-61)19-38(65)42(72-54)17-34(64)12-14-63/h28,30-31,33,35-51,53-59,63,65H,2,5,7-27H2,1,3-4,6H3/t28-,30+,31+,33+,35+,36-,37+,38-,39+,40?,41-,42-,43-,44-,45?,46+,47+,48-,49-,50-,51?,53+,54?,55+,56+,57-,58+,59?,60?,61-,62+/m1/s1. The van der Waals surface area contributed by atoms with Crippen LogP contribution in [0.15, 0.2) is 24.3 Å². The fraction of sp³-hybridized carbons (Fsp3) is 0.903. The number of aliphatic hydroxyl groups excluding tert-OH is 2. The van der Waals surface area contributed by atoms with Gasteiger partial charge in [-0.05, 0) is 73.8 Å². The molecule has 17 heterocycles. The molecule has 12 bridgehead atoms. The first-order valence-electron chi connectivity index (χ1n) is 31.6. The number of esters is 1. The SMILES string of the molecule is C=C1C[C@@H]2CCC34C[C@H]5OC(O3)[C@H]5[C@H]3C[C@@H](O4)[C@H]4O[C@H](CCC4O3)CC(=O)O[C@H]3C(C[C@H]4O[C@@H](CC[C@@H]1O2)C[C@@H](C)C4=C)O[C@H]1C[C@H]2O[C@@]4(CC5O[C@]6(C[C@H](C)C7O[C@H](CC(=O)CCO)[C@H](O)C[C@@H]7O6)C[C@H](C)[C@@H]5O4)C[C@H]2O[C@H]1[C@@H]3C. The zero-order valence-electron chi connectivity index (χ0n) is 47.8. The number of Topliss-reactive ketones (excluding diaryl/α,β-unsaturated/α-hetero) is 1. The summed E-state index contributed by atoms with van der Waals surface area (Å²) in [5.74, 6) is -2.86. The number of hydrogen-bond donors (Lipinski definition) is 2. The number of ketones is 1. The number of aliphatic hydroxyl groups is 2. The van der Waals surface area contributed by atoms with E-state index in [-0.39, 0.29) is 177 Å². The van der Waals surface area contributed by atoms with Crippen molar-refractivity contribution in [2.24, 2.45) is 29.6 Å². The minimum Gasteiger partial charge on any atom is -0.459 e.